The van der Waals surface area contributed by atoms with Gasteiger partial charge in [-0.25, -0.2) is 4.98 Å². The molecule has 0 bridgehead atoms. The van der Waals surface area contributed by atoms with E-state index in [1.165, 1.54) is 12.8 Å². The van der Waals surface area contributed by atoms with Crippen LogP contribution in [0.1, 0.15) is 49.4 Å². The highest BCUT2D eigenvalue weighted by Gasteiger charge is 2.27. The second-order valence-corrected chi connectivity index (χ2v) is 5.83. The maximum absolute atomic E-state index is 10.2. The summed E-state index contributed by atoms with van der Waals surface area (Å²) in [5.41, 5.74) is 0.886. The lowest BCUT2D eigenvalue weighted by Gasteiger charge is -2.29. The van der Waals surface area contributed by atoms with Gasteiger partial charge in [0.25, 0.3) is 0 Å². The standard InChI is InChI=1S/C12H19NOS/c1-8-4-3-5-10(6-8)12(14)11-7-15-9(2)13-11/h7-8,10,12,14H,3-6H2,1-2H3. The molecule has 3 unspecified atom stereocenters. The summed E-state index contributed by atoms with van der Waals surface area (Å²) < 4.78 is 0. The van der Waals surface area contributed by atoms with Crippen molar-refractivity contribution >= 4 is 11.3 Å². The van der Waals surface area contributed by atoms with Gasteiger partial charge in [0.2, 0.25) is 0 Å². The first-order valence-corrected chi connectivity index (χ1v) is 6.65. The van der Waals surface area contributed by atoms with E-state index in [0.717, 1.165) is 29.5 Å². The summed E-state index contributed by atoms with van der Waals surface area (Å²) in [5, 5.41) is 13.3. The monoisotopic (exact) mass is 225 g/mol. The van der Waals surface area contributed by atoms with E-state index in [-0.39, 0.29) is 6.10 Å². The van der Waals surface area contributed by atoms with E-state index >= 15 is 0 Å². The van der Waals surface area contributed by atoms with Crippen molar-refractivity contribution in [1.82, 2.24) is 4.98 Å². The van der Waals surface area contributed by atoms with Gasteiger partial charge in [0, 0.05) is 5.38 Å². The molecule has 1 aliphatic carbocycles. The van der Waals surface area contributed by atoms with Gasteiger partial charge in [-0.3, -0.25) is 0 Å². The molecule has 15 heavy (non-hydrogen) atoms. The first-order chi connectivity index (χ1) is 7.16. The normalized spacial score (nSPS) is 29.0. The van der Waals surface area contributed by atoms with E-state index in [0.29, 0.717) is 5.92 Å². The van der Waals surface area contributed by atoms with Crippen molar-refractivity contribution in [2.75, 3.05) is 0 Å². The number of aromatic nitrogens is 1. The Morgan fingerprint density at radius 3 is 2.93 bits per heavy atom. The van der Waals surface area contributed by atoms with Crippen molar-refractivity contribution in [3.63, 3.8) is 0 Å². The van der Waals surface area contributed by atoms with Crippen LogP contribution < -0.4 is 0 Å². The molecule has 0 aromatic carbocycles. The van der Waals surface area contributed by atoms with Gasteiger partial charge in [-0.05, 0) is 31.6 Å². The predicted octanol–water partition coefficient (Wildman–Crippen LogP) is 3.31. The summed E-state index contributed by atoms with van der Waals surface area (Å²) in [6, 6.07) is 0. The molecule has 0 radical (unpaired) electrons. The fourth-order valence-electron chi connectivity index (χ4n) is 2.53. The van der Waals surface area contributed by atoms with Gasteiger partial charge in [0.05, 0.1) is 16.8 Å². The average Bonchev–Trinajstić information content (AvgIpc) is 2.64. The first-order valence-electron chi connectivity index (χ1n) is 5.77. The number of aliphatic hydroxyl groups is 1. The molecule has 1 aromatic rings. The molecule has 1 N–H and O–H groups in total. The second kappa shape index (κ2) is 4.62. The zero-order valence-electron chi connectivity index (χ0n) is 9.44. The minimum atomic E-state index is -0.335. The van der Waals surface area contributed by atoms with Crippen molar-refractivity contribution in [3.8, 4) is 0 Å². The smallest absolute Gasteiger partial charge is 0.0996 e. The Bertz CT molecular complexity index is 323. The summed E-state index contributed by atoms with van der Waals surface area (Å²) in [5.74, 6) is 1.19. The van der Waals surface area contributed by atoms with Gasteiger partial charge in [-0.1, -0.05) is 19.8 Å². The molecule has 1 aliphatic rings. The van der Waals surface area contributed by atoms with Crippen LogP contribution in [0.5, 0.6) is 0 Å². The van der Waals surface area contributed by atoms with Crippen molar-refractivity contribution in [1.29, 1.82) is 0 Å². The van der Waals surface area contributed by atoms with Gasteiger partial charge >= 0.3 is 0 Å². The molecule has 0 aliphatic heterocycles. The van der Waals surface area contributed by atoms with E-state index in [1.807, 2.05) is 12.3 Å². The molecule has 1 saturated carbocycles. The molecule has 1 aromatic heterocycles. The minimum Gasteiger partial charge on any atom is -0.386 e. The molecule has 1 heterocycles. The van der Waals surface area contributed by atoms with Crippen molar-refractivity contribution in [2.45, 2.75) is 45.6 Å². The number of rotatable bonds is 2. The minimum absolute atomic E-state index is 0.335. The lowest BCUT2D eigenvalue weighted by Crippen LogP contribution is -2.20. The molecule has 3 heteroatoms. The van der Waals surface area contributed by atoms with E-state index in [1.54, 1.807) is 11.3 Å². The van der Waals surface area contributed by atoms with Crippen LogP contribution in [-0.4, -0.2) is 10.1 Å². The lowest BCUT2D eigenvalue weighted by atomic mass is 9.79. The topological polar surface area (TPSA) is 33.1 Å². The predicted molar refractivity (Wildman–Crippen MR) is 62.9 cm³/mol. The maximum atomic E-state index is 10.2. The molecule has 1 fully saturated rings. The lowest BCUT2D eigenvalue weighted by molar-refractivity contribution is 0.0684. The fraction of sp³-hybridized carbons (Fsp3) is 0.750. The van der Waals surface area contributed by atoms with E-state index in [2.05, 4.69) is 11.9 Å². The van der Waals surface area contributed by atoms with E-state index in [4.69, 9.17) is 0 Å². The summed E-state index contributed by atoms with van der Waals surface area (Å²) in [7, 11) is 0. The van der Waals surface area contributed by atoms with Crippen LogP contribution in [-0.2, 0) is 0 Å². The second-order valence-electron chi connectivity index (χ2n) is 4.77. The number of hydrogen-bond donors (Lipinski definition) is 1. The Kier molecular flexibility index (Phi) is 3.42. The van der Waals surface area contributed by atoms with Gasteiger partial charge in [-0.2, -0.15) is 0 Å². The van der Waals surface area contributed by atoms with Crippen LogP contribution in [0.2, 0.25) is 0 Å². The fourth-order valence-corrected chi connectivity index (χ4v) is 3.17. The van der Waals surface area contributed by atoms with Crippen molar-refractivity contribution < 1.29 is 5.11 Å². The Morgan fingerprint density at radius 2 is 2.33 bits per heavy atom. The largest absolute Gasteiger partial charge is 0.386 e. The number of aliphatic hydroxyl groups excluding tert-OH is 1. The van der Waals surface area contributed by atoms with Crippen LogP contribution >= 0.6 is 11.3 Å². The molecule has 84 valence electrons. The van der Waals surface area contributed by atoms with Crippen molar-refractivity contribution in [3.05, 3.63) is 16.1 Å². The summed E-state index contributed by atoms with van der Waals surface area (Å²) >= 11 is 1.63. The molecular formula is C12H19NOS. The van der Waals surface area contributed by atoms with E-state index in [9.17, 15) is 5.11 Å². The summed E-state index contributed by atoms with van der Waals surface area (Å²) in [4.78, 5) is 4.38. The zero-order valence-corrected chi connectivity index (χ0v) is 10.3. The van der Waals surface area contributed by atoms with Gasteiger partial charge in [0.15, 0.2) is 0 Å². The molecule has 2 nitrogen and oxygen atoms in total. The third kappa shape index (κ3) is 2.58. The van der Waals surface area contributed by atoms with Crippen LogP contribution in [0.4, 0.5) is 0 Å². The Labute approximate surface area is 95.4 Å². The zero-order chi connectivity index (χ0) is 10.8. The van der Waals surface area contributed by atoms with E-state index < -0.39 is 0 Å². The number of nitrogens with zero attached hydrogens (tertiary/aromatic N) is 1. The maximum Gasteiger partial charge on any atom is 0.0996 e. The highest BCUT2D eigenvalue weighted by atomic mass is 32.1. The third-order valence-electron chi connectivity index (χ3n) is 3.36. The molecule has 3 atom stereocenters. The summed E-state index contributed by atoms with van der Waals surface area (Å²) in [6.45, 7) is 4.27. The van der Waals surface area contributed by atoms with Gasteiger partial charge in [-0.15, -0.1) is 11.3 Å². The van der Waals surface area contributed by atoms with Gasteiger partial charge in [0.1, 0.15) is 0 Å². The molecule has 0 amide bonds. The van der Waals surface area contributed by atoms with Crippen molar-refractivity contribution in [2.24, 2.45) is 11.8 Å². The van der Waals surface area contributed by atoms with Crippen LogP contribution in [0, 0.1) is 18.8 Å². The number of hydrogen-bond acceptors (Lipinski definition) is 3. The Hall–Kier alpha value is -0.410. The third-order valence-corrected chi connectivity index (χ3v) is 4.16. The summed E-state index contributed by atoms with van der Waals surface area (Å²) in [6.07, 6.45) is 4.54. The average molecular weight is 225 g/mol. The number of aryl methyl sites for hydroxylation is 1. The highest BCUT2D eigenvalue weighted by Crippen LogP contribution is 2.37. The Balaban J connectivity index is 2.03. The van der Waals surface area contributed by atoms with Crippen LogP contribution in [0.3, 0.4) is 0 Å². The molecule has 0 spiro atoms. The first kappa shape index (κ1) is 11.1. The van der Waals surface area contributed by atoms with Gasteiger partial charge < -0.3 is 5.11 Å². The molecule has 0 saturated heterocycles. The SMILES string of the molecule is Cc1nc(C(O)C2CCCC(C)C2)cs1. The highest BCUT2D eigenvalue weighted by molar-refractivity contribution is 7.09. The molecular weight excluding hydrogens is 206 g/mol. The van der Waals surface area contributed by atoms with Crippen LogP contribution in [0.25, 0.3) is 0 Å². The number of thiazole rings is 1. The Morgan fingerprint density at radius 1 is 1.53 bits per heavy atom. The molecule has 2 rings (SSSR count). The quantitative estimate of drug-likeness (QED) is 0.837. The van der Waals surface area contributed by atoms with Crippen LogP contribution in [0.15, 0.2) is 5.38 Å².